The Morgan fingerprint density at radius 2 is 1.68 bits per heavy atom. The molecule has 0 amide bonds. The summed E-state index contributed by atoms with van der Waals surface area (Å²) in [6.07, 6.45) is 7.72. The van der Waals surface area contributed by atoms with Gasteiger partial charge in [-0.2, -0.15) is 0 Å². The van der Waals surface area contributed by atoms with E-state index >= 15 is 0 Å². The largest absolute Gasteiger partial charge is 0.298 e. The van der Waals surface area contributed by atoms with E-state index in [9.17, 15) is 4.39 Å². The number of rotatable bonds is 6. The standard InChI is InChI=1S/C23H35FN6.ClH/c1-4-23(2,3)30-22(25-26-27-30)21(18-10-12-19(24)13-11-18)29-16-14-28(15-17-29)20-8-6-5-7-9-20;/h10-13,20-21H,4-9,14-17H2,1-3H3;1H. The van der Waals surface area contributed by atoms with Gasteiger partial charge in [-0.25, -0.2) is 9.07 Å². The van der Waals surface area contributed by atoms with E-state index in [0.29, 0.717) is 0 Å². The molecule has 1 saturated carbocycles. The summed E-state index contributed by atoms with van der Waals surface area (Å²) in [6, 6.07) is 7.52. The van der Waals surface area contributed by atoms with E-state index in [1.165, 1.54) is 32.1 Å². The number of hydrogen-bond acceptors (Lipinski definition) is 5. The summed E-state index contributed by atoms with van der Waals surface area (Å²) >= 11 is 0. The fraction of sp³-hybridized carbons (Fsp3) is 0.696. The first-order chi connectivity index (χ1) is 14.5. The minimum atomic E-state index is -0.215. The molecule has 0 bridgehead atoms. The second-order valence-electron chi connectivity index (χ2n) is 9.43. The lowest BCUT2D eigenvalue weighted by Crippen LogP contribution is -2.52. The molecule has 2 aliphatic rings. The van der Waals surface area contributed by atoms with Gasteiger partial charge in [0.1, 0.15) is 5.82 Å². The van der Waals surface area contributed by atoms with E-state index in [2.05, 4.69) is 46.1 Å². The van der Waals surface area contributed by atoms with Crippen LogP contribution in [-0.2, 0) is 5.54 Å². The summed E-state index contributed by atoms with van der Waals surface area (Å²) < 4.78 is 15.6. The third-order valence-electron chi connectivity index (χ3n) is 7.17. The summed E-state index contributed by atoms with van der Waals surface area (Å²) in [5, 5.41) is 12.9. The molecule has 1 unspecified atom stereocenters. The lowest BCUT2D eigenvalue weighted by Gasteiger charge is -2.43. The van der Waals surface area contributed by atoms with Crippen LogP contribution in [0, 0.1) is 5.82 Å². The molecular formula is C23H36ClFN6. The van der Waals surface area contributed by atoms with Crippen LogP contribution in [0.15, 0.2) is 24.3 Å². The second kappa shape index (κ2) is 10.4. The highest BCUT2D eigenvalue weighted by Crippen LogP contribution is 2.32. The van der Waals surface area contributed by atoms with Crippen LogP contribution >= 0.6 is 12.4 Å². The quantitative estimate of drug-likeness (QED) is 0.652. The SMILES string of the molecule is CCC(C)(C)n1nnnc1C(c1ccc(F)cc1)N1CCN(C2CCCCC2)CC1.Cl. The maximum absolute atomic E-state index is 13.6. The Balaban J connectivity index is 0.00000272. The Labute approximate surface area is 191 Å². The van der Waals surface area contributed by atoms with E-state index in [1.807, 2.05) is 16.8 Å². The van der Waals surface area contributed by atoms with E-state index in [4.69, 9.17) is 0 Å². The first-order valence-electron chi connectivity index (χ1n) is 11.5. The van der Waals surface area contributed by atoms with Gasteiger partial charge in [-0.1, -0.05) is 38.3 Å². The van der Waals surface area contributed by atoms with Crippen LogP contribution in [0.5, 0.6) is 0 Å². The number of hydrogen-bond donors (Lipinski definition) is 0. The first kappa shape index (κ1) is 24.1. The molecular weight excluding hydrogens is 415 g/mol. The molecule has 2 aromatic rings. The van der Waals surface area contributed by atoms with E-state index in [1.54, 1.807) is 12.1 Å². The third-order valence-corrected chi connectivity index (χ3v) is 7.17. The molecule has 6 nitrogen and oxygen atoms in total. The van der Waals surface area contributed by atoms with Gasteiger partial charge in [0, 0.05) is 32.2 Å². The van der Waals surface area contributed by atoms with E-state index < -0.39 is 0 Å². The molecule has 0 N–H and O–H groups in total. The van der Waals surface area contributed by atoms with Gasteiger partial charge in [0.05, 0.1) is 11.6 Å². The Morgan fingerprint density at radius 1 is 1.03 bits per heavy atom. The van der Waals surface area contributed by atoms with Gasteiger partial charge in [-0.15, -0.1) is 17.5 Å². The minimum Gasteiger partial charge on any atom is -0.298 e. The highest BCUT2D eigenvalue weighted by molar-refractivity contribution is 5.85. The molecule has 1 atom stereocenters. The average Bonchev–Trinajstić information content (AvgIpc) is 3.27. The van der Waals surface area contributed by atoms with Crippen molar-refractivity contribution in [2.45, 2.75) is 76.9 Å². The number of aromatic nitrogens is 4. The van der Waals surface area contributed by atoms with Crippen molar-refractivity contribution >= 4 is 12.4 Å². The zero-order chi connectivity index (χ0) is 21.1. The molecule has 1 aromatic heterocycles. The molecule has 4 rings (SSSR count). The molecule has 31 heavy (non-hydrogen) atoms. The van der Waals surface area contributed by atoms with Crippen LogP contribution in [-0.4, -0.2) is 62.2 Å². The van der Waals surface area contributed by atoms with Crippen LogP contribution in [0.4, 0.5) is 4.39 Å². The summed E-state index contributed by atoms with van der Waals surface area (Å²) in [7, 11) is 0. The zero-order valence-electron chi connectivity index (χ0n) is 19.0. The van der Waals surface area contributed by atoms with Gasteiger partial charge < -0.3 is 0 Å². The number of benzene rings is 1. The molecule has 1 aliphatic heterocycles. The van der Waals surface area contributed by atoms with Gasteiger partial charge in [-0.3, -0.25) is 9.80 Å². The van der Waals surface area contributed by atoms with Crippen molar-refractivity contribution in [2.24, 2.45) is 0 Å². The summed E-state index contributed by atoms with van der Waals surface area (Å²) in [6.45, 7) is 10.6. The van der Waals surface area contributed by atoms with Gasteiger partial charge in [0.2, 0.25) is 0 Å². The fourth-order valence-corrected chi connectivity index (χ4v) is 4.92. The molecule has 1 aromatic carbocycles. The molecule has 1 aliphatic carbocycles. The summed E-state index contributed by atoms with van der Waals surface area (Å²) in [5.74, 6) is 0.632. The fourth-order valence-electron chi connectivity index (χ4n) is 4.92. The minimum absolute atomic E-state index is 0. The number of tetrazole rings is 1. The highest BCUT2D eigenvalue weighted by atomic mass is 35.5. The molecule has 172 valence electrons. The smallest absolute Gasteiger partial charge is 0.173 e. The predicted octanol–water partition coefficient (Wildman–Crippen LogP) is 4.42. The molecule has 1 saturated heterocycles. The molecule has 2 fully saturated rings. The zero-order valence-corrected chi connectivity index (χ0v) is 19.8. The summed E-state index contributed by atoms with van der Waals surface area (Å²) in [4.78, 5) is 5.15. The predicted molar refractivity (Wildman–Crippen MR) is 123 cm³/mol. The van der Waals surface area contributed by atoms with Crippen LogP contribution in [0.2, 0.25) is 0 Å². The first-order valence-corrected chi connectivity index (χ1v) is 11.5. The normalized spacial score (nSPS) is 20.4. The van der Waals surface area contributed by atoms with Crippen LogP contribution in [0.3, 0.4) is 0 Å². The van der Waals surface area contributed by atoms with Crippen molar-refractivity contribution in [1.29, 1.82) is 0 Å². The maximum Gasteiger partial charge on any atom is 0.173 e. The van der Waals surface area contributed by atoms with Crippen LogP contribution in [0.25, 0.3) is 0 Å². The maximum atomic E-state index is 13.6. The Kier molecular flexibility index (Phi) is 8.05. The van der Waals surface area contributed by atoms with Crippen molar-refractivity contribution in [2.75, 3.05) is 26.2 Å². The lowest BCUT2D eigenvalue weighted by atomic mass is 9.93. The van der Waals surface area contributed by atoms with Crippen LogP contribution in [0.1, 0.15) is 76.7 Å². The Hall–Kier alpha value is -1.57. The molecule has 2 heterocycles. The highest BCUT2D eigenvalue weighted by Gasteiger charge is 2.35. The van der Waals surface area contributed by atoms with E-state index in [-0.39, 0.29) is 29.8 Å². The second-order valence-corrected chi connectivity index (χ2v) is 9.43. The number of halogens is 2. The van der Waals surface area contributed by atoms with Crippen LogP contribution < -0.4 is 0 Å². The Bertz CT molecular complexity index is 810. The van der Waals surface area contributed by atoms with Crippen molar-refractivity contribution in [3.05, 3.63) is 41.5 Å². The van der Waals surface area contributed by atoms with E-state index in [0.717, 1.165) is 50.0 Å². The van der Waals surface area contributed by atoms with Gasteiger partial charge >= 0.3 is 0 Å². The molecule has 8 heteroatoms. The van der Waals surface area contributed by atoms with Gasteiger partial charge in [0.25, 0.3) is 0 Å². The lowest BCUT2D eigenvalue weighted by molar-refractivity contribution is 0.0605. The average molecular weight is 451 g/mol. The van der Waals surface area contributed by atoms with Crippen molar-refractivity contribution < 1.29 is 4.39 Å². The third kappa shape index (κ3) is 5.26. The summed E-state index contributed by atoms with van der Waals surface area (Å²) in [5.41, 5.74) is 0.867. The Morgan fingerprint density at radius 3 is 2.29 bits per heavy atom. The van der Waals surface area contributed by atoms with Gasteiger partial charge in [-0.05, 0) is 61.2 Å². The molecule has 0 spiro atoms. The molecule has 0 radical (unpaired) electrons. The van der Waals surface area contributed by atoms with Crippen molar-refractivity contribution in [3.63, 3.8) is 0 Å². The van der Waals surface area contributed by atoms with Gasteiger partial charge in [0.15, 0.2) is 5.82 Å². The topological polar surface area (TPSA) is 50.1 Å². The van der Waals surface area contributed by atoms with Crippen molar-refractivity contribution in [1.82, 2.24) is 30.0 Å². The number of nitrogens with zero attached hydrogens (tertiary/aromatic N) is 6. The van der Waals surface area contributed by atoms with Crippen molar-refractivity contribution in [3.8, 4) is 0 Å². The number of piperazine rings is 1. The monoisotopic (exact) mass is 450 g/mol.